The fourth-order valence-electron chi connectivity index (χ4n) is 6.71. The number of aryl methyl sites for hydroxylation is 1. The van der Waals surface area contributed by atoms with Gasteiger partial charge in [-0.3, -0.25) is 9.59 Å². The minimum Gasteiger partial charge on any atom is -0.484 e. The standard InChI is InChI=1S/C23H30N2O3/c26-21-4-1-18-10-19(2-3-20(18)25-21)28-14-22(27)24-6-5-23-11-15-7-16(12-23)9-17(8-15)13-23/h2-3,10,15-17H,1,4-9,11-14H2,(H,24,27)(H,25,26). The quantitative estimate of drug-likeness (QED) is 0.789. The number of carbonyl (C=O) groups is 2. The van der Waals surface area contributed by atoms with Crippen LogP contribution in [0.1, 0.15) is 56.9 Å². The van der Waals surface area contributed by atoms with Gasteiger partial charge in [0.2, 0.25) is 5.91 Å². The smallest absolute Gasteiger partial charge is 0.257 e. The van der Waals surface area contributed by atoms with Crippen molar-refractivity contribution in [1.82, 2.24) is 5.32 Å². The summed E-state index contributed by atoms with van der Waals surface area (Å²) in [5, 5.41) is 5.94. The summed E-state index contributed by atoms with van der Waals surface area (Å²) in [7, 11) is 0. The van der Waals surface area contributed by atoms with Crippen LogP contribution < -0.4 is 15.4 Å². The summed E-state index contributed by atoms with van der Waals surface area (Å²) in [6, 6.07) is 5.59. The summed E-state index contributed by atoms with van der Waals surface area (Å²) in [6.07, 6.45) is 10.9. The molecule has 1 aliphatic heterocycles. The van der Waals surface area contributed by atoms with Crippen molar-refractivity contribution >= 4 is 17.5 Å². The van der Waals surface area contributed by atoms with Gasteiger partial charge in [-0.2, -0.15) is 0 Å². The molecule has 6 rings (SSSR count). The number of ether oxygens (including phenoxy) is 1. The van der Waals surface area contributed by atoms with Crippen LogP contribution in [0.2, 0.25) is 0 Å². The van der Waals surface area contributed by atoms with E-state index in [-0.39, 0.29) is 18.4 Å². The molecule has 4 saturated carbocycles. The number of hydrogen-bond acceptors (Lipinski definition) is 3. The molecule has 1 heterocycles. The highest BCUT2D eigenvalue weighted by molar-refractivity contribution is 5.94. The van der Waals surface area contributed by atoms with Gasteiger partial charge in [0, 0.05) is 18.7 Å². The van der Waals surface area contributed by atoms with E-state index in [1.807, 2.05) is 18.2 Å². The van der Waals surface area contributed by atoms with Gasteiger partial charge in [0.25, 0.3) is 5.91 Å². The molecule has 4 fully saturated rings. The van der Waals surface area contributed by atoms with Gasteiger partial charge in [0.1, 0.15) is 5.75 Å². The Balaban J connectivity index is 1.08. The molecule has 0 saturated heterocycles. The highest BCUT2D eigenvalue weighted by Gasteiger charge is 2.50. The van der Waals surface area contributed by atoms with Crippen molar-refractivity contribution in [3.8, 4) is 5.75 Å². The molecule has 0 aromatic heterocycles. The molecule has 0 unspecified atom stereocenters. The Labute approximate surface area is 166 Å². The van der Waals surface area contributed by atoms with E-state index in [4.69, 9.17) is 4.74 Å². The van der Waals surface area contributed by atoms with Gasteiger partial charge in [0.05, 0.1) is 0 Å². The normalized spacial score (nSPS) is 32.6. The molecular formula is C23H30N2O3. The van der Waals surface area contributed by atoms with Crippen molar-refractivity contribution < 1.29 is 14.3 Å². The van der Waals surface area contributed by atoms with Crippen LogP contribution in [0.4, 0.5) is 5.69 Å². The number of carbonyl (C=O) groups excluding carboxylic acids is 2. The number of nitrogens with one attached hydrogen (secondary N) is 2. The SMILES string of the molecule is O=C(COc1ccc2c(c1)CCC(=O)N2)NCCC12CC3CC(CC(C3)C1)C2. The molecule has 2 amide bonds. The Morgan fingerprint density at radius 2 is 1.82 bits per heavy atom. The molecule has 0 spiro atoms. The van der Waals surface area contributed by atoms with Gasteiger partial charge in [-0.25, -0.2) is 0 Å². The van der Waals surface area contributed by atoms with Crippen molar-refractivity contribution in [1.29, 1.82) is 0 Å². The van der Waals surface area contributed by atoms with E-state index in [9.17, 15) is 9.59 Å². The first-order valence-corrected chi connectivity index (χ1v) is 10.9. The lowest BCUT2D eigenvalue weighted by atomic mass is 9.49. The van der Waals surface area contributed by atoms with Crippen LogP contribution >= 0.6 is 0 Å². The number of benzene rings is 1. The third kappa shape index (κ3) is 3.63. The maximum atomic E-state index is 12.2. The Bertz CT molecular complexity index is 753. The molecule has 4 aliphatic carbocycles. The molecule has 0 atom stereocenters. The van der Waals surface area contributed by atoms with Gasteiger partial charge in [-0.05, 0) is 98.3 Å². The van der Waals surface area contributed by atoms with Crippen LogP contribution in [0.25, 0.3) is 0 Å². The summed E-state index contributed by atoms with van der Waals surface area (Å²) in [5.41, 5.74) is 2.43. The maximum absolute atomic E-state index is 12.2. The average Bonchev–Trinajstić information content (AvgIpc) is 2.65. The monoisotopic (exact) mass is 382 g/mol. The molecule has 5 aliphatic rings. The van der Waals surface area contributed by atoms with Crippen LogP contribution in [0.5, 0.6) is 5.75 Å². The lowest BCUT2D eigenvalue weighted by Gasteiger charge is -2.57. The average molecular weight is 383 g/mol. The minimum atomic E-state index is -0.0456. The van der Waals surface area contributed by atoms with Crippen molar-refractivity contribution in [3.63, 3.8) is 0 Å². The predicted octanol–water partition coefficient (Wildman–Crippen LogP) is 3.67. The van der Waals surface area contributed by atoms with Crippen molar-refractivity contribution in [3.05, 3.63) is 23.8 Å². The van der Waals surface area contributed by atoms with E-state index in [1.165, 1.54) is 38.5 Å². The molecule has 0 radical (unpaired) electrons. The number of anilines is 1. The maximum Gasteiger partial charge on any atom is 0.257 e. The highest BCUT2D eigenvalue weighted by Crippen LogP contribution is 2.61. The van der Waals surface area contributed by atoms with E-state index < -0.39 is 0 Å². The van der Waals surface area contributed by atoms with Crippen molar-refractivity contribution in [2.24, 2.45) is 23.2 Å². The van der Waals surface area contributed by atoms with E-state index in [0.717, 1.165) is 48.4 Å². The van der Waals surface area contributed by atoms with E-state index in [2.05, 4.69) is 10.6 Å². The van der Waals surface area contributed by atoms with Gasteiger partial charge < -0.3 is 15.4 Å². The minimum absolute atomic E-state index is 0.0456. The highest BCUT2D eigenvalue weighted by atomic mass is 16.5. The zero-order valence-corrected chi connectivity index (χ0v) is 16.5. The zero-order chi connectivity index (χ0) is 19.1. The Morgan fingerprint density at radius 1 is 1.11 bits per heavy atom. The number of rotatable bonds is 6. The third-order valence-electron chi connectivity index (χ3n) is 7.48. The summed E-state index contributed by atoms with van der Waals surface area (Å²) in [6.45, 7) is 0.816. The molecule has 1 aromatic rings. The van der Waals surface area contributed by atoms with Crippen molar-refractivity contribution in [2.45, 2.75) is 57.8 Å². The molecular weight excluding hydrogens is 352 g/mol. The van der Waals surface area contributed by atoms with Crippen LogP contribution in [0.15, 0.2) is 18.2 Å². The third-order valence-corrected chi connectivity index (χ3v) is 7.48. The molecule has 28 heavy (non-hydrogen) atoms. The largest absolute Gasteiger partial charge is 0.484 e. The fraction of sp³-hybridized carbons (Fsp3) is 0.652. The lowest BCUT2D eigenvalue weighted by molar-refractivity contribution is -0.123. The van der Waals surface area contributed by atoms with Crippen molar-refractivity contribution in [2.75, 3.05) is 18.5 Å². The second kappa shape index (κ2) is 7.09. The molecule has 1 aromatic carbocycles. The van der Waals surface area contributed by atoms with Gasteiger partial charge in [0.15, 0.2) is 6.61 Å². The summed E-state index contributed by atoms with van der Waals surface area (Å²) in [4.78, 5) is 23.7. The van der Waals surface area contributed by atoms with E-state index in [1.54, 1.807) is 0 Å². The zero-order valence-electron chi connectivity index (χ0n) is 16.5. The second-order valence-corrected chi connectivity index (χ2v) is 9.67. The summed E-state index contributed by atoms with van der Waals surface area (Å²) < 4.78 is 5.68. The van der Waals surface area contributed by atoms with Crippen LogP contribution in [-0.4, -0.2) is 25.0 Å². The van der Waals surface area contributed by atoms with Crippen LogP contribution in [0, 0.1) is 23.2 Å². The van der Waals surface area contributed by atoms with Crippen LogP contribution in [0.3, 0.4) is 0 Å². The summed E-state index contributed by atoms with van der Waals surface area (Å²) >= 11 is 0. The Morgan fingerprint density at radius 3 is 2.54 bits per heavy atom. The fourth-order valence-corrected chi connectivity index (χ4v) is 6.71. The first-order chi connectivity index (χ1) is 13.6. The lowest BCUT2D eigenvalue weighted by Crippen LogP contribution is -2.47. The van der Waals surface area contributed by atoms with Gasteiger partial charge >= 0.3 is 0 Å². The van der Waals surface area contributed by atoms with Gasteiger partial charge in [-0.1, -0.05) is 0 Å². The molecule has 5 heteroatoms. The predicted molar refractivity (Wildman–Crippen MR) is 107 cm³/mol. The molecule has 4 bridgehead atoms. The molecule has 150 valence electrons. The number of hydrogen-bond donors (Lipinski definition) is 2. The first kappa shape index (κ1) is 18.0. The second-order valence-electron chi connectivity index (χ2n) is 9.67. The Hall–Kier alpha value is -2.04. The van der Waals surface area contributed by atoms with Crippen LogP contribution in [-0.2, 0) is 16.0 Å². The molecule has 5 nitrogen and oxygen atoms in total. The Kier molecular flexibility index (Phi) is 4.56. The van der Waals surface area contributed by atoms with E-state index >= 15 is 0 Å². The van der Waals surface area contributed by atoms with E-state index in [0.29, 0.717) is 17.6 Å². The first-order valence-electron chi connectivity index (χ1n) is 10.9. The van der Waals surface area contributed by atoms with Gasteiger partial charge in [-0.15, -0.1) is 0 Å². The topological polar surface area (TPSA) is 67.4 Å². The number of fused-ring (bicyclic) bond motifs is 1. The number of amides is 2. The summed E-state index contributed by atoms with van der Waals surface area (Å²) in [5.74, 6) is 3.57. The molecule has 2 N–H and O–H groups in total.